The molecule has 5 heteroatoms. The van der Waals surface area contributed by atoms with Crippen LogP contribution in [0.15, 0.2) is 22.7 Å². The van der Waals surface area contributed by atoms with E-state index in [1.807, 2.05) is 23.1 Å². The Morgan fingerprint density at radius 2 is 2.21 bits per heavy atom. The molecule has 2 N–H and O–H groups in total. The molecule has 1 aliphatic rings. The first kappa shape index (κ1) is 14.8. The fourth-order valence-electron chi connectivity index (χ4n) is 2.57. The average Bonchev–Trinajstić information content (AvgIpc) is 2.54. The second kappa shape index (κ2) is 5.81. The molecule has 0 saturated carbocycles. The molecule has 0 aromatic heterocycles. The van der Waals surface area contributed by atoms with Crippen LogP contribution in [0.5, 0.6) is 0 Å². The van der Waals surface area contributed by atoms with Gasteiger partial charge in [-0.25, -0.2) is 0 Å². The van der Waals surface area contributed by atoms with Crippen molar-refractivity contribution in [1.82, 2.24) is 4.90 Å². The van der Waals surface area contributed by atoms with Gasteiger partial charge in [0.1, 0.15) is 0 Å². The van der Waals surface area contributed by atoms with E-state index in [2.05, 4.69) is 29.8 Å². The molecule has 1 heterocycles. The molecule has 1 saturated heterocycles. The third kappa shape index (κ3) is 3.12. The van der Waals surface area contributed by atoms with Gasteiger partial charge < -0.3 is 10.6 Å². The van der Waals surface area contributed by atoms with Crippen molar-refractivity contribution in [2.24, 2.45) is 11.7 Å². The lowest BCUT2D eigenvalue weighted by Gasteiger charge is -2.29. The summed E-state index contributed by atoms with van der Waals surface area (Å²) in [5.74, 6) is 0.552. The minimum Gasteiger partial charge on any atom is -0.334 e. The highest BCUT2D eigenvalue weighted by Gasteiger charge is 2.39. The van der Waals surface area contributed by atoms with Gasteiger partial charge in [0.15, 0.2) is 0 Å². The van der Waals surface area contributed by atoms with Crippen LogP contribution in [0.3, 0.4) is 0 Å². The van der Waals surface area contributed by atoms with Crippen LogP contribution in [-0.2, 0) is 4.79 Å². The Morgan fingerprint density at radius 1 is 1.53 bits per heavy atom. The van der Waals surface area contributed by atoms with Crippen LogP contribution in [0.2, 0.25) is 5.02 Å². The van der Waals surface area contributed by atoms with Gasteiger partial charge in [-0.15, -0.1) is 0 Å². The van der Waals surface area contributed by atoms with Crippen LogP contribution in [0, 0.1) is 5.92 Å². The van der Waals surface area contributed by atoms with E-state index in [0.29, 0.717) is 17.4 Å². The van der Waals surface area contributed by atoms with Crippen molar-refractivity contribution in [3.63, 3.8) is 0 Å². The lowest BCUT2D eigenvalue weighted by atomic mass is 10.0. The Morgan fingerprint density at radius 3 is 2.79 bits per heavy atom. The van der Waals surface area contributed by atoms with Crippen LogP contribution in [-0.4, -0.2) is 23.4 Å². The number of nitrogens with two attached hydrogens (primary N) is 1. The zero-order chi connectivity index (χ0) is 14.2. The van der Waals surface area contributed by atoms with Gasteiger partial charge in [-0.1, -0.05) is 47.4 Å². The molecule has 0 bridgehead atoms. The number of carbonyl (C=O) groups is 1. The minimum absolute atomic E-state index is 0.0680. The van der Waals surface area contributed by atoms with Gasteiger partial charge in [-0.2, -0.15) is 0 Å². The quantitative estimate of drug-likeness (QED) is 0.913. The summed E-state index contributed by atoms with van der Waals surface area (Å²) in [5.41, 5.74) is 7.19. The zero-order valence-corrected chi connectivity index (χ0v) is 13.4. The zero-order valence-electron chi connectivity index (χ0n) is 11.1. The van der Waals surface area contributed by atoms with Crippen LogP contribution in [0.4, 0.5) is 0 Å². The first-order valence-electron chi connectivity index (χ1n) is 6.40. The number of rotatable bonds is 3. The predicted molar refractivity (Wildman–Crippen MR) is 81.0 cm³/mol. The molecule has 1 amide bonds. The number of nitrogens with zero attached hydrogens (tertiary/aromatic N) is 1. The van der Waals surface area contributed by atoms with Crippen LogP contribution >= 0.6 is 27.5 Å². The number of hydrogen-bond acceptors (Lipinski definition) is 2. The lowest BCUT2D eigenvalue weighted by molar-refractivity contribution is -0.129. The van der Waals surface area contributed by atoms with Crippen molar-refractivity contribution in [3.05, 3.63) is 33.3 Å². The second-order valence-corrected chi connectivity index (χ2v) is 6.71. The molecule has 2 atom stereocenters. The van der Waals surface area contributed by atoms with Gasteiger partial charge in [-0.3, -0.25) is 4.79 Å². The van der Waals surface area contributed by atoms with E-state index in [1.165, 1.54) is 0 Å². The van der Waals surface area contributed by atoms with Gasteiger partial charge in [0.05, 0.1) is 6.04 Å². The van der Waals surface area contributed by atoms with E-state index in [9.17, 15) is 4.79 Å². The number of amides is 1. The SMILES string of the molecule is CC(C)CN1C(=O)CC(N)C1c1ccc(Cl)cc1Br. The van der Waals surface area contributed by atoms with Gasteiger partial charge in [-0.05, 0) is 23.6 Å². The Hall–Kier alpha value is -0.580. The van der Waals surface area contributed by atoms with Gasteiger partial charge in [0, 0.05) is 28.5 Å². The number of carbonyl (C=O) groups excluding carboxylic acids is 1. The number of likely N-dealkylation sites (tertiary alicyclic amines) is 1. The highest BCUT2D eigenvalue weighted by atomic mass is 79.9. The smallest absolute Gasteiger partial charge is 0.224 e. The van der Waals surface area contributed by atoms with E-state index < -0.39 is 0 Å². The monoisotopic (exact) mass is 344 g/mol. The Labute approximate surface area is 127 Å². The second-order valence-electron chi connectivity index (χ2n) is 5.42. The molecule has 3 nitrogen and oxygen atoms in total. The van der Waals surface area contributed by atoms with E-state index in [-0.39, 0.29) is 18.0 Å². The molecule has 0 radical (unpaired) electrons. The average molecular weight is 346 g/mol. The predicted octanol–water partition coefficient (Wildman–Crippen LogP) is 3.36. The third-order valence-electron chi connectivity index (χ3n) is 3.31. The maximum Gasteiger partial charge on any atom is 0.224 e. The Kier molecular flexibility index (Phi) is 4.54. The van der Waals surface area contributed by atoms with E-state index in [4.69, 9.17) is 17.3 Å². The first-order chi connectivity index (χ1) is 8.90. The van der Waals surface area contributed by atoms with Gasteiger partial charge in [0.2, 0.25) is 5.91 Å². The van der Waals surface area contributed by atoms with Crippen molar-refractivity contribution >= 4 is 33.4 Å². The van der Waals surface area contributed by atoms with E-state index >= 15 is 0 Å². The summed E-state index contributed by atoms with van der Waals surface area (Å²) in [6.45, 7) is 4.93. The molecule has 1 aromatic carbocycles. The van der Waals surface area contributed by atoms with Crippen LogP contribution in [0.25, 0.3) is 0 Å². The standard InChI is InChI=1S/C14H18BrClN2O/c1-8(2)7-18-13(19)6-12(17)14(18)10-4-3-9(16)5-11(10)15/h3-5,8,12,14H,6-7,17H2,1-2H3. The summed E-state index contributed by atoms with van der Waals surface area (Å²) < 4.78 is 0.906. The van der Waals surface area contributed by atoms with Crippen molar-refractivity contribution in [2.45, 2.75) is 32.4 Å². The summed E-state index contributed by atoms with van der Waals surface area (Å²) in [5, 5.41) is 0.670. The Balaban J connectivity index is 2.36. The fourth-order valence-corrected chi connectivity index (χ4v) is 3.48. The molecule has 2 unspecified atom stereocenters. The van der Waals surface area contributed by atoms with Crippen molar-refractivity contribution < 1.29 is 4.79 Å². The van der Waals surface area contributed by atoms with Gasteiger partial charge in [0.25, 0.3) is 0 Å². The van der Waals surface area contributed by atoms with Crippen LogP contribution in [0.1, 0.15) is 31.9 Å². The topological polar surface area (TPSA) is 46.3 Å². The normalized spacial score (nSPS) is 23.5. The highest BCUT2D eigenvalue weighted by Crippen LogP contribution is 2.37. The molecular formula is C14H18BrClN2O. The summed E-state index contributed by atoms with van der Waals surface area (Å²) in [4.78, 5) is 14.0. The fraction of sp³-hybridized carbons (Fsp3) is 0.500. The number of hydrogen-bond donors (Lipinski definition) is 1. The molecule has 1 fully saturated rings. The maximum absolute atomic E-state index is 12.1. The van der Waals surface area contributed by atoms with Crippen molar-refractivity contribution in [3.8, 4) is 0 Å². The molecule has 19 heavy (non-hydrogen) atoms. The van der Waals surface area contributed by atoms with Crippen molar-refractivity contribution in [1.29, 1.82) is 0 Å². The number of benzene rings is 1. The largest absolute Gasteiger partial charge is 0.334 e. The molecule has 2 rings (SSSR count). The first-order valence-corrected chi connectivity index (χ1v) is 7.57. The molecule has 1 aromatic rings. The summed E-state index contributed by atoms with van der Waals surface area (Å²) in [7, 11) is 0. The molecule has 0 spiro atoms. The molecule has 104 valence electrons. The summed E-state index contributed by atoms with van der Waals surface area (Å²) >= 11 is 9.49. The molecular weight excluding hydrogens is 328 g/mol. The van der Waals surface area contributed by atoms with E-state index in [1.54, 1.807) is 0 Å². The minimum atomic E-state index is -0.163. The Bertz CT molecular complexity index is 492. The molecule has 1 aliphatic heterocycles. The maximum atomic E-state index is 12.1. The van der Waals surface area contributed by atoms with Crippen LogP contribution < -0.4 is 5.73 Å². The molecule has 0 aliphatic carbocycles. The summed E-state index contributed by atoms with van der Waals surface area (Å²) in [6.07, 6.45) is 0.409. The summed E-state index contributed by atoms with van der Waals surface area (Å²) in [6, 6.07) is 5.40. The third-order valence-corrected chi connectivity index (χ3v) is 4.24. The number of halogens is 2. The van der Waals surface area contributed by atoms with E-state index in [0.717, 1.165) is 16.6 Å². The van der Waals surface area contributed by atoms with Gasteiger partial charge >= 0.3 is 0 Å². The highest BCUT2D eigenvalue weighted by molar-refractivity contribution is 9.10. The lowest BCUT2D eigenvalue weighted by Crippen LogP contribution is -2.35. The van der Waals surface area contributed by atoms with Crippen molar-refractivity contribution in [2.75, 3.05) is 6.54 Å².